The van der Waals surface area contributed by atoms with Crippen molar-refractivity contribution in [2.45, 2.75) is 0 Å². The van der Waals surface area contributed by atoms with Gasteiger partial charge in [-0.2, -0.15) is 10.1 Å². The normalized spacial score (nSPS) is 11.0. The maximum absolute atomic E-state index is 6.01. The van der Waals surface area contributed by atoms with Crippen LogP contribution in [0.5, 0.6) is 0 Å². The van der Waals surface area contributed by atoms with E-state index in [2.05, 4.69) is 20.4 Å². The monoisotopic (exact) mass is 305 g/mol. The van der Waals surface area contributed by atoms with E-state index >= 15 is 0 Å². The molecule has 0 aliphatic rings. The van der Waals surface area contributed by atoms with Crippen LogP contribution in [0.3, 0.4) is 0 Å². The molecule has 0 amide bonds. The third-order valence-electron chi connectivity index (χ3n) is 3.62. The molecule has 3 N–H and O–H groups in total. The van der Waals surface area contributed by atoms with Gasteiger partial charge in [0.1, 0.15) is 5.82 Å². The largest absolute Gasteiger partial charge is 0.398 e. The van der Waals surface area contributed by atoms with Crippen molar-refractivity contribution in [1.82, 2.24) is 24.3 Å². The van der Waals surface area contributed by atoms with Crippen LogP contribution in [0.25, 0.3) is 16.7 Å². The van der Waals surface area contributed by atoms with Crippen LogP contribution in [0.4, 0.5) is 17.3 Å². The second kappa shape index (κ2) is 5.13. The Bertz CT molecular complexity index is 983. The lowest BCUT2D eigenvalue weighted by Gasteiger charge is -2.07. The van der Waals surface area contributed by atoms with Crippen molar-refractivity contribution in [2.75, 3.05) is 11.1 Å². The van der Waals surface area contributed by atoms with E-state index in [4.69, 9.17) is 5.73 Å². The molecule has 3 aromatic heterocycles. The molecule has 3 heterocycles. The van der Waals surface area contributed by atoms with Gasteiger partial charge in [0.15, 0.2) is 0 Å². The molecular formula is C16H15N7. The van der Waals surface area contributed by atoms with Gasteiger partial charge in [0.05, 0.1) is 17.4 Å². The zero-order valence-electron chi connectivity index (χ0n) is 12.5. The smallest absolute Gasteiger partial charge is 0.229 e. The molecule has 0 saturated heterocycles. The average molecular weight is 305 g/mol. The van der Waals surface area contributed by atoms with Crippen molar-refractivity contribution in [3.05, 3.63) is 55.1 Å². The zero-order valence-corrected chi connectivity index (χ0v) is 12.5. The Labute approximate surface area is 132 Å². The lowest BCUT2D eigenvalue weighted by Crippen LogP contribution is -2.01. The summed E-state index contributed by atoms with van der Waals surface area (Å²) < 4.78 is 3.70. The summed E-state index contributed by atoms with van der Waals surface area (Å²) in [6.07, 6.45) is 7.26. The predicted molar refractivity (Wildman–Crippen MR) is 89.8 cm³/mol. The van der Waals surface area contributed by atoms with Crippen LogP contribution in [0.2, 0.25) is 0 Å². The maximum atomic E-state index is 6.01. The van der Waals surface area contributed by atoms with Crippen molar-refractivity contribution in [1.29, 1.82) is 0 Å². The second-order valence-electron chi connectivity index (χ2n) is 5.23. The summed E-state index contributed by atoms with van der Waals surface area (Å²) in [7, 11) is 1.86. The number of nitrogens with two attached hydrogens (primary N) is 1. The van der Waals surface area contributed by atoms with E-state index in [0.717, 1.165) is 28.1 Å². The standard InChI is InChI=1S/C16H15N7/c1-22-10-11(9-19-22)20-16-18-7-5-15(21-16)23-8-6-12-13(17)3-2-4-14(12)23/h2-10H,17H2,1H3,(H,18,20,21). The fraction of sp³-hybridized carbons (Fsp3) is 0.0625. The number of fused-ring (bicyclic) bond motifs is 1. The summed E-state index contributed by atoms with van der Waals surface area (Å²) in [5, 5.41) is 8.27. The topological polar surface area (TPSA) is 86.6 Å². The molecule has 7 nitrogen and oxygen atoms in total. The van der Waals surface area contributed by atoms with Crippen molar-refractivity contribution in [3.8, 4) is 5.82 Å². The van der Waals surface area contributed by atoms with Crippen molar-refractivity contribution in [3.63, 3.8) is 0 Å². The van der Waals surface area contributed by atoms with E-state index in [1.54, 1.807) is 17.1 Å². The van der Waals surface area contributed by atoms with Gasteiger partial charge in [0, 0.05) is 36.7 Å². The van der Waals surface area contributed by atoms with Gasteiger partial charge in [-0.1, -0.05) is 6.07 Å². The van der Waals surface area contributed by atoms with E-state index in [1.165, 1.54) is 0 Å². The van der Waals surface area contributed by atoms with E-state index < -0.39 is 0 Å². The Morgan fingerprint density at radius 2 is 2.09 bits per heavy atom. The zero-order chi connectivity index (χ0) is 15.8. The van der Waals surface area contributed by atoms with Crippen LogP contribution in [0.1, 0.15) is 0 Å². The second-order valence-corrected chi connectivity index (χ2v) is 5.23. The van der Waals surface area contributed by atoms with Crippen LogP contribution in [-0.2, 0) is 7.05 Å². The Morgan fingerprint density at radius 3 is 2.91 bits per heavy atom. The molecule has 23 heavy (non-hydrogen) atoms. The van der Waals surface area contributed by atoms with Crippen LogP contribution in [0, 0.1) is 0 Å². The van der Waals surface area contributed by atoms with Crippen molar-refractivity contribution >= 4 is 28.2 Å². The molecule has 0 spiro atoms. The molecule has 4 rings (SSSR count). The maximum Gasteiger partial charge on any atom is 0.229 e. The number of nitrogens with zero attached hydrogens (tertiary/aromatic N) is 5. The minimum atomic E-state index is 0.515. The number of nitrogen functional groups attached to an aromatic ring is 1. The highest BCUT2D eigenvalue weighted by atomic mass is 15.3. The minimum absolute atomic E-state index is 0.515. The molecule has 0 atom stereocenters. The molecule has 0 aliphatic carbocycles. The number of hydrogen-bond acceptors (Lipinski definition) is 5. The highest BCUT2D eigenvalue weighted by Crippen LogP contribution is 2.24. The van der Waals surface area contributed by atoms with Gasteiger partial charge in [-0.25, -0.2) is 4.98 Å². The minimum Gasteiger partial charge on any atom is -0.398 e. The SMILES string of the molecule is Cn1cc(Nc2nccc(-n3ccc4c(N)cccc43)n2)cn1. The first-order valence-electron chi connectivity index (χ1n) is 7.15. The molecule has 0 aliphatic heterocycles. The summed E-state index contributed by atoms with van der Waals surface area (Å²) >= 11 is 0. The molecule has 114 valence electrons. The summed E-state index contributed by atoms with van der Waals surface area (Å²) in [6.45, 7) is 0. The Balaban J connectivity index is 1.74. The van der Waals surface area contributed by atoms with E-state index in [1.807, 2.05) is 54.3 Å². The van der Waals surface area contributed by atoms with Crippen molar-refractivity contribution < 1.29 is 0 Å². The molecule has 0 saturated carbocycles. The first kappa shape index (κ1) is 13.3. The fourth-order valence-electron chi connectivity index (χ4n) is 2.55. The van der Waals surface area contributed by atoms with E-state index in [0.29, 0.717) is 5.95 Å². The summed E-state index contributed by atoms with van der Waals surface area (Å²) in [6, 6.07) is 9.69. The Hall–Kier alpha value is -3.35. The van der Waals surface area contributed by atoms with E-state index in [-0.39, 0.29) is 0 Å². The average Bonchev–Trinajstić information content (AvgIpc) is 3.15. The molecule has 0 radical (unpaired) electrons. The van der Waals surface area contributed by atoms with Crippen LogP contribution in [0.15, 0.2) is 55.1 Å². The quantitative estimate of drug-likeness (QED) is 0.568. The number of anilines is 3. The van der Waals surface area contributed by atoms with Gasteiger partial charge in [-0.05, 0) is 24.3 Å². The molecule has 1 aromatic carbocycles. The summed E-state index contributed by atoms with van der Waals surface area (Å²) in [5.41, 5.74) is 8.62. The van der Waals surface area contributed by atoms with Gasteiger partial charge in [0.25, 0.3) is 0 Å². The first-order chi connectivity index (χ1) is 11.2. The molecule has 0 fully saturated rings. The Morgan fingerprint density at radius 1 is 1.17 bits per heavy atom. The molecule has 4 aromatic rings. The third kappa shape index (κ3) is 2.38. The number of aryl methyl sites for hydroxylation is 1. The third-order valence-corrected chi connectivity index (χ3v) is 3.62. The highest BCUT2D eigenvalue weighted by molar-refractivity contribution is 5.92. The number of nitrogens with one attached hydrogen (secondary N) is 1. The van der Waals surface area contributed by atoms with Gasteiger partial charge in [-0.15, -0.1) is 0 Å². The molecule has 7 heteroatoms. The van der Waals surface area contributed by atoms with Crippen LogP contribution in [-0.4, -0.2) is 24.3 Å². The fourth-order valence-corrected chi connectivity index (χ4v) is 2.55. The van der Waals surface area contributed by atoms with Gasteiger partial charge >= 0.3 is 0 Å². The van der Waals surface area contributed by atoms with Gasteiger partial charge in [-0.3, -0.25) is 4.68 Å². The number of aromatic nitrogens is 5. The number of rotatable bonds is 3. The number of benzene rings is 1. The summed E-state index contributed by atoms with van der Waals surface area (Å²) in [4.78, 5) is 8.82. The summed E-state index contributed by atoms with van der Waals surface area (Å²) in [5.74, 6) is 1.29. The van der Waals surface area contributed by atoms with E-state index in [9.17, 15) is 0 Å². The van der Waals surface area contributed by atoms with Crippen LogP contribution >= 0.6 is 0 Å². The van der Waals surface area contributed by atoms with Gasteiger partial charge in [0.2, 0.25) is 5.95 Å². The molecule has 0 bridgehead atoms. The lowest BCUT2D eigenvalue weighted by atomic mass is 10.2. The highest BCUT2D eigenvalue weighted by Gasteiger charge is 2.08. The van der Waals surface area contributed by atoms with Crippen molar-refractivity contribution in [2.24, 2.45) is 7.05 Å². The number of hydrogen-bond donors (Lipinski definition) is 2. The van der Waals surface area contributed by atoms with Crippen LogP contribution < -0.4 is 11.1 Å². The lowest BCUT2D eigenvalue weighted by molar-refractivity contribution is 0.768. The Kier molecular flexibility index (Phi) is 2.97. The molecule has 0 unspecified atom stereocenters. The van der Waals surface area contributed by atoms with Gasteiger partial charge < -0.3 is 15.6 Å². The first-order valence-corrected chi connectivity index (χ1v) is 7.15. The molecular weight excluding hydrogens is 290 g/mol. The predicted octanol–water partition coefficient (Wildman–Crippen LogP) is 2.48.